The van der Waals surface area contributed by atoms with Crippen LogP contribution in [0.3, 0.4) is 0 Å². The van der Waals surface area contributed by atoms with Crippen molar-refractivity contribution >= 4 is 35.1 Å². The molecule has 0 spiro atoms. The largest absolute Gasteiger partial charge is 0.497 e. The number of aryl methyl sites for hydroxylation is 1. The number of benzene rings is 2. The van der Waals surface area contributed by atoms with Gasteiger partial charge in [0.05, 0.1) is 18.6 Å². The number of rotatable bonds is 9. The Morgan fingerprint density at radius 1 is 1.14 bits per heavy atom. The Balaban J connectivity index is 1.47. The maximum Gasteiger partial charge on any atom is 0.234 e. The summed E-state index contributed by atoms with van der Waals surface area (Å²) < 4.78 is 7.12. The van der Waals surface area contributed by atoms with Gasteiger partial charge in [-0.3, -0.25) is 4.79 Å². The molecular formula is C21H24N4O2S2. The molecule has 0 fully saturated rings. The van der Waals surface area contributed by atoms with Gasteiger partial charge in [0, 0.05) is 24.6 Å². The van der Waals surface area contributed by atoms with Gasteiger partial charge in [-0.2, -0.15) is 0 Å². The van der Waals surface area contributed by atoms with E-state index < -0.39 is 0 Å². The van der Waals surface area contributed by atoms with E-state index in [1.807, 2.05) is 29.8 Å². The van der Waals surface area contributed by atoms with Crippen molar-refractivity contribution in [3.8, 4) is 5.75 Å². The maximum absolute atomic E-state index is 12.2. The second-order valence-electron chi connectivity index (χ2n) is 6.51. The predicted octanol–water partition coefficient (Wildman–Crippen LogP) is 4.30. The van der Waals surface area contributed by atoms with Gasteiger partial charge in [-0.25, -0.2) is 0 Å². The van der Waals surface area contributed by atoms with Gasteiger partial charge in [-0.05, 0) is 24.6 Å². The highest BCUT2D eigenvalue weighted by Gasteiger charge is 2.12. The molecule has 3 rings (SSSR count). The molecule has 0 saturated heterocycles. The molecule has 1 amide bonds. The lowest BCUT2D eigenvalue weighted by Crippen LogP contribution is -2.14. The van der Waals surface area contributed by atoms with Crippen LogP contribution in [0.4, 0.5) is 5.69 Å². The van der Waals surface area contributed by atoms with E-state index in [0.717, 1.165) is 22.5 Å². The van der Waals surface area contributed by atoms with Gasteiger partial charge in [0.25, 0.3) is 0 Å². The van der Waals surface area contributed by atoms with Gasteiger partial charge in [-0.15, -0.1) is 22.0 Å². The molecule has 0 aliphatic carbocycles. The molecule has 0 aliphatic heterocycles. The summed E-state index contributed by atoms with van der Waals surface area (Å²) in [5.74, 6) is 3.47. The number of carbonyl (C=O) groups is 1. The van der Waals surface area contributed by atoms with Crippen LogP contribution in [0.2, 0.25) is 0 Å². The molecule has 8 heteroatoms. The van der Waals surface area contributed by atoms with Crippen molar-refractivity contribution in [1.82, 2.24) is 14.8 Å². The molecule has 2 aromatic carbocycles. The molecular weight excluding hydrogens is 404 g/mol. The normalized spacial score (nSPS) is 10.7. The molecule has 1 N–H and O–H groups in total. The number of hydrogen-bond donors (Lipinski definition) is 1. The third kappa shape index (κ3) is 6.27. The minimum atomic E-state index is -0.0958. The molecule has 0 radical (unpaired) electrons. The van der Waals surface area contributed by atoms with E-state index in [1.54, 1.807) is 24.9 Å². The van der Waals surface area contributed by atoms with Crippen LogP contribution in [-0.4, -0.2) is 33.5 Å². The van der Waals surface area contributed by atoms with Crippen molar-refractivity contribution in [2.24, 2.45) is 7.05 Å². The van der Waals surface area contributed by atoms with E-state index in [2.05, 4.69) is 46.7 Å². The lowest BCUT2D eigenvalue weighted by molar-refractivity contribution is -0.113. The highest BCUT2D eigenvalue weighted by molar-refractivity contribution is 7.99. The fourth-order valence-electron chi connectivity index (χ4n) is 2.57. The van der Waals surface area contributed by atoms with Gasteiger partial charge in [0.2, 0.25) is 5.91 Å². The first-order valence-electron chi connectivity index (χ1n) is 9.13. The van der Waals surface area contributed by atoms with Crippen LogP contribution in [0.5, 0.6) is 5.75 Å². The smallest absolute Gasteiger partial charge is 0.234 e. The number of methoxy groups -OCH3 is 1. The summed E-state index contributed by atoms with van der Waals surface area (Å²) in [5.41, 5.74) is 3.27. The van der Waals surface area contributed by atoms with Gasteiger partial charge in [-0.1, -0.05) is 47.7 Å². The zero-order valence-electron chi connectivity index (χ0n) is 16.7. The summed E-state index contributed by atoms with van der Waals surface area (Å²) in [5, 5.41) is 12.1. The van der Waals surface area contributed by atoms with E-state index >= 15 is 0 Å². The van der Waals surface area contributed by atoms with Gasteiger partial charge < -0.3 is 14.6 Å². The summed E-state index contributed by atoms with van der Waals surface area (Å²) in [6, 6.07) is 15.9. The third-order valence-corrected chi connectivity index (χ3v) is 6.25. The first-order chi connectivity index (χ1) is 14.0. The number of amides is 1. The quantitative estimate of drug-likeness (QED) is 0.513. The highest BCUT2D eigenvalue weighted by atomic mass is 32.2. The van der Waals surface area contributed by atoms with E-state index in [1.165, 1.54) is 22.9 Å². The van der Waals surface area contributed by atoms with Gasteiger partial charge in [0.1, 0.15) is 11.6 Å². The minimum Gasteiger partial charge on any atom is -0.497 e. The molecule has 0 unspecified atom stereocenters. The molecule has 0 atom stereocenters. The number of aromatic nitrogens is 3. The molecule has 3 aromatic rings. The van der Waals surface area contributed by atoms with Crippen molar-refractivity contribution in [1.29, 1.82) is 0 Å². The Morgan fingerprint density at radius 2 is 1.93 bits per heavy atom. The van der Waals surface area contributed by atoms with Crippen molar-refractivity contribution < 1.29 is 9.53 Å². The van der Waals surface area contributed by atoms with E-state index in [0.29, 0.717) is 11.4 Å². The topological polar surface area (TPSA) is 69.0 Å². The number of anilines is 1. The Hall–Kier alpha value is -2.45. The minimum absolute atomic E-state index is 0.0958. The number of carbonyl (C=O) groups excluding carboxylic acids is 1. The Labute approximate surface area is 179 Å². The van der Waals surface area contributed by atoms with E-state index in [-0.39, 0.29) is 11.7 Å². The van der Waals surface area contributed by atoms with Crippen molar-refractivity contribution in [2.75, 3.05) is 18.2 Å². The molecule has 0 saturated carbocycles. The monoisotopic (exact) mass is 428 g/mol. The lowest BCUT2D eigenvalue weighted by atomic mass is 10.2. The SMILES string of the molecule is COc1cccc(NC(=O)CSc2nnc(CSCc3ccc(C)cc3)n2C)c1. The molecule has 0 bridgehead atoms. The second-order valence-corrected chi connectivity index (χ2v) is 8.43. The average molecular weight is 429 g/mol. The second kappa shape index (κ2) is 10.4. The highest BCUT2D eigenvalue weighted by Crippen LogP contribution is 2.22. The van der Waals surface area contributed by atoms with E-state index in [4.69, 9.17) is 4.74 Å². The molecule has 152 valence electrons. The summed E-state index contributed by atoms with van der Waals surface area (Å²) >= 11 is 3.17. The van der Waals surface area contributed by atoms with Crippen molar-refractivity contribution in [2.45, 2.75) is 23.6 Å². The fraction of sp³-hybridized carbons (Fsp3) is 0.286. The summed E-state index contributed by atoms with van der Waals surface area (Å²) in [7, 11) is 3.53. The maximum atomic E-state index is 12.2. The Kier molecular flexibility index (Phi) is 7.60. The van der Waals surface area contributed by atoms with Crippen LogP contribution in [0.15, 0.2) is 53.7 Å². The average Bonchev–Trinajstić information content (AvgIpc) is 3.07. The molecule has 1 heterocycles. The molecule has 29 heavy (non-hydrogen) atoms. The van der Waals surface area contributed by atoms with Crippen molar-refractivity contribution in [3.63, 3.8) is 0 Å². The van der Waals surface area contributed by atoms with E-state index in [9.17, 15) is 4.79 Å². The zero-order chi connectivity index (χ0) is 20.6. The molecule has 1 aromatic heterocycles. The zero-order valence-corrected chi connectivity index (χ0v) is 18.3. The van der Waals surface area contributed by atoms with Gasteiger partial charge >= 0.3 is 0 Å². The summed E-state index contributed by atoms with van der Waals surface area (Å²) in [6.45, 7) is 2.09. The molecule has 0 aliphatic rings. The van der Waals surface area contributed by atoms with Crippen molar-refractivity contribution in [3.05, 3.63) is 65.5 Å². The van der Waals surface area contributed by atoms with Gasteiger partial charge in [0.15, 0.2) is 5.16 Å². The number of thioether (sulfide) groups is 2. The standard InChI is InChI=1S/C21H24N4O2S2/c1-15-7-9-16(10-8-15)12-28-13-19-23-24-21(25(19)2)29-14-20(26)22-17-5-4-6-18(11-17)27-3/h4-11H,12-14H2,1-3H3,(H,22,26). The Morgan fingerprint density at radius 3 is 2.69 bits per heavy atom. The van der Waals surface area contributed by atoms with Crippen LogP contribution in [-0.2, 0) is 23.3 Å². The lowest BCUT2D eigenvalue weighted by Gasteiger charge is -2.07. The van der Waals surface area contributed by atoms with Crippen LogP contribution < -0.4 is 10.1 Å². The third-order valence-electron chi connectivity index (χ3n) is 4.23. The fourth-order valence-corrected chi connectivity index (χ4v) is 4.26. The Bertz CT molecular complexity index is 958. The number of hydrogen-bond acceptors (Lipinski definition) is 6. The molecule has 6 nitrogen and oxygen atoms in total. The number of nitrogens with one attached hydrogen (secondary N) is 1. The van der Waals surface area contributed by atoms with Crippen LogP contribution in [0.1, 0.15) is 17.0 Å². The first kappa shape index (κ1) is 21.3. The predicted molar refractivity (Wildman–Crippen MR) is 120 cm³/mol. The summed E-state index contributed by atoms with van der Waals surface area (Å²) in [4.78, 5) is 12.2. The van der Waals surface area contributed by atoms with Crippen LogP contribution in [0, 0.1) is 6.92 Å². The van der Waals surface area contributed by atoms with Crippen LogP contribution in [0.25, 0.3) is 0 Å². The number of nitrogens with zero attached hydrogens (tertiary/aromatic N) is 3. The number of ether oxygens (including phenoxy) is 1. The van der Waals surface area contributed by atoms with Crippen LogP contribution >= 0.6 is 23.5 Å². The first-order valence-corrected chi connectivity index (χ1v) is 11.3. The summed E-state index contributed by atoms with van der Waals surface area (Å²) in [6.07, 6.45) is 0.